The fourth-order valence-electron chi connectivity index (χ4n) is 2.44. The summed E-state index contributed by atoms with van der Waals surface area (Å²) in [6, 6.07) is 3.77. The van der Waals surface area contributed by atoms with Gasteiger partial charge in [-0.2, -0.15) is 15.0 Å². The molecule has 5 nitrogen and oxygen atoms in total. The quantitative estimate of drug-likeness (QED) is 0.591. The molecule has 7 heteroatoms. The van der Waals surface area contributed by atoms with Crippen LogP contribution in [0.2, 0.25) is 0 Å². The Morgan fingerprint density at radius 2 is 1.33 bits per heavy atom. The maximum Gasteiger partial charge on any atom is 0.232 e. The molecule has 0 saturated heterocycles. The van der Waals surface area contributed by atoms with Gasteiger partial charge in [0.2, 0.25) is 5.95 Å². The number of hydrogen-bond donors (Lipinski definition) is 4. The van der Waals surface area contributed by atoms with Crippen LogP contribution in [0.3, 0.4) is 0 Å². The zero-order valence-electron chi connectivity index (χ0n) is 14.8. The van der Waals surface area contributed by atoms with E-state index in [0.29, 0.717) is 5.95 Å². The second-order valence-electron chi connectivity index (χ2n) is 7.80. The zero-order chi connectivity index (χ0) is 18.3. The van der Waals surface area contributed by atoms with Crippen LogP contribution in [0, 0.1) is 0 Å². The van der Waals surface area contributed by atoms with Crippen LogP contribution >= 0.6 is 25.3 Å². The molecule has 0 aliphatic rings. The maximum atomic E-state index is 10.5. The highest BCUT2D eigenvalue weighted by Crippen LogP contribution is 2.40. The first-order valence-corrected chi connectivity index (χ1v) is 8.56. The van der Waals surface area contributed by atoms with Gasteiger partial charge < -0.3 is 10.4 Å². The van der Waals surface area contributed by atoms with E-state index >= 15 is 0 Å². The monoisotopic (exact) mass is 364 g/mol. The lowest BCUT2D eigenvalue weighted by molar-refractivity contribution is 0.445. The minimum atomic E-state index is -0.160. The zero-order valence-corrected chi connectivity index (χ0v) is 16.6. The molecule has 0 unspecified atom stereocenters. The second-order valence-corrected chi connectivity index (χ2v) is 8.60. The SMILES string of the molecule is CC(C)(C)c1cc(C(C)(C)C)c(Nc2nc(S)nc(S)n2)cc1O. The summed E-state index contributed by atoms with van der Waals surface area (Å²) in [5, 5.41) is 14.2. The number of aromatic hydroxyl groups is 1. The summed E-state index contributed by atoms with van der Waals surface area (Å²) in [5.74, 6) is 0.581. The highest BCUT2D eigenvalue weighted by molar-refractivity contribution is 7.80. The van der Waals surface area contributed by atoms with Gasteiger partial charge in [0.25, 0.3) is 0 Å². The van der Waals surface area contributed by atoms with E-state index in [0.717, 1.165) is 16.8 Å². The van der Waals surface area contributed by atoms with Crippen molar-refractivity contribution in [1.82, 2.24) is 15.0 Å². The third-order valence-corrected chi connectivity index (χ3v) is 4.01. The minimum Gasteiger partial charge on any atom is -0.508 e. The van der Waals surface area contributed by atoms with E-state index in [4.69, 9.17) is 0 Å². The predicted molar refractivity (Wildman–Crippen MR) is 103 cm³/mol. The third kappa shape index (κ3) is 4.33. The van der Waals surface area contributed by atoms with Crippen molar-refractivity contribution in [3.8, 4) is 5.75 Å². The second kappa shape index (κ2) is 6.44. The summed E-state index contributed by atoms with van der Waals surface area (Å²) >= 11 is 8.29. The molecule has 2 rings (SSSR count). The summed E-state index contributed by atoms with van der Waals surface area (Å²) < 4.78 is 0. The highest BCUT2D eigenvalue weighted by Gasteiger charge is 2.25. The van der Waals surface area contributed by atoms with E-state index in [1.54, 1.807) is 6.07 Å². The minimum absolute atomic E-state index is 0.128. The number of aromatic nitrogens is 3. The summed E-state index contributed by atoms with van der Waals surface area (Å²) in [4.78, 5) is 12.2. The summed E-state index contributed by atoms with van der Waals surface area (Å²) in [7, 11) is 0. The molecule has 0 radical (unpaired) electrons. The Bertz CT molecular complexity index is 744. The molecular weight excluding hydrogens is 340 g/mol. The topological polar surface area (TPSA) is 70.9 Å². The van der Waals surface area contributed by atoms with Crippen LogP contribution in [0.25, 0.3) is 0 Å². The maximum absolute atomic E-state index is 10.5. The molecule has 1 aromatic heterocycles. The Hall–Kier alpha value is -1.47. The summed E-state index contributed by atoms with van der Waals surface area (Å²) in [5.41, 5.74) is 2.42. The van der Waals surface area contributed by atoms with Crippen LogP contribution in [0.4, 0.5) is 11.6 Å². The third-order valence-electron chi connectivity index (χ3n) is 3.61. The molecule has 0 spiro atoms. The Morgan fingerprint density at radius 1 is 0.833 bits per heavy atom. The molecule has 0 amide bonds. The van der Waals surface area contributed by atoms with Gasteiger partial charge in [0.1, 0.15) is 5.75 Å². The smallest absolute Gasteiger partial charge is 0.232 e. The van der Waals surface area contributed by atoms with Crippen molar-refractivity contribution >= 4 is 36.9 Å². The molecule has 24 heavy (non-hydrogen) atoms. The molecule has 1 heterocycles. The fourth-order valence-corrected chi connectivity index (χ4v) is 2.90. The molecule has 2 aromatic rings. The Labute approximate surface area is 154 Å². The molecule has 0 saturated carbocycles. The van der Waals surface area contributed by atoms with E-state index in [2.05, 4.69) is 87.1 Å². The van der Waals surface area contributed by atoms with Gasteiger partial charge >= 0.3 is 0 Å². The van der Waals surface area contributed by atoms with Crippen LogP contribution in [0.5, 0.6) is 5.75 Å². The molecule has 0 fully saturated rings. The molecule has 130 valence electrons. The lowest BCUT2D eigenvalue weighted by Crippen LogP contribution is -2.18. The number of phenols is 1. The Balaban J connectivity index is 2.58. The normalized spacial score (nSPS) is 12.3. The molecule has 0 aliphatic heterocycles. The number of phenolic OH excluding ortho intramolecular Hbond substituents is 1. The lowest BCUT2D eigenvalue weighted by Gasteiger charge is -2.28. The van der Waals surface area contributed by atoms with E-state index in [9.17, 15) is 5.11 Å². The first kappa shape index (κ1) is 18.9. The molecule has 0 aliphatic carbocycles. The number of hydrogen-bond acceptors (Lipinski definition) is 7. The Morgan fingerprint density at radius 3 is 1.79 bits per heavy atom. The van der Waals surface area contributed by atoms with Crippen molar-refractivity contribution in [3.05, 3.63) is 23.3 Å². The van der Waals surface area contributed by atoms with Crippen LogP contribution in [-0.2, 0) is 10.8 Å². The van der Waals surface area contributed by atoms with E-state index in [-0.39, 0.29) is 26.9 Å². The van der Waals surface area contributed by atoms with Crippen molar-refractivity contribution in [2.45, 2.75) is 62.7 Å². The van der Waals surface area contributed by atoms with Crippen LogP contribution in [-0.4, -0.2) is 20.1 Å². The fraction of sp³-hybridized carbons (Fsp3) is 0.471. The van der Waals surface area contributed by atoms with Gasteiger partial charge in [-0.3, -0.25) is 0 Å². The van der Waals surface area contributed by atoms with Crippen molar-refractivity contribution in [3.63, 3.8) is 0 Å². The van der Waals surface area contributed by atoms with E-state index in [1.807, 2.05) is 6.07 Å². The average molecular weight is 365 g/mol. The van der Waals surface area contributed by atoms with Crippen molar-refractivity contribution < 1.29 is 5.11 Å². The van der Waals surface area contributed by atoms with Crippen LogP contribution in [0.1, 0.15) is 52.7 Å². The van der Waals surface area contributed by atoms with Gasteiger partial charge in [0.15, 0.2) is 10.3 Å². The van der Waals surface area contributed by atoms with Crippen LogP contribution in [0.15, 0.2) is 22.4 Å². The lowest BCUT2D eigenvalue weighted by atomic mass is 9.79. The molecule has 1 aromatic carbocycles. The molecule has 2 N–H and O–H groups in total. The van der Waals surface area contributed by atoms with E-state index < -0.39 is 0 Å². The number of benzene rings is 1. The van der Waals surface area contributed by atoms with Gasteiger partial charge in [-0.25, -0.2) is 0 Å². The van der Waals surface area contributed by atoms with Crippen molar-refractivity contribution in [1.29, 1.82) is 0 Å². The van der Waals surface area contributed by atoms with Crippen molar-refractivity contribution in [2.24, 2.45) is 0 Å². The summed E-state index contributed by atoms with van der Waals surface area (Å²) in [6.45, 7) is 12.6. The van der Waals surface area contributed by atoms with Crippen LogP contribution < -0.4 is 5.32 Å². The Kier molecular flexibility index (Phi) is 5.06. The number of rotatable bonds is 2. The van der Waals surface area contributed by atoms with Gasteiger partial charge in [-0.15, -0.1) is 25.3 Å². The largest absolute Gasteiger partial charge is 0.508 e. The predicted octanol–water partition coefficient (Wildman–Crippen LogP) is 4.49. The summed E-state index contributed by atoms with van der Waals surface area (Å²) in [6.07, 6.45) is 0. The van der Waals surface area contributed by atoms with Gasteiger partial charge in [-0.05, 0) is 28.0 Å². The van der Waals surface area contributed by atoms with Gasteiger partial charge in [0, 0.05) is 11.8 Å². The number of nitrogens with one attached hydrogen (secondary N) is 1. The number of thiol groups is 2. The molecule has 0 atom stereocenters. The highest BCUT2D eigenvalue weighted by atomic mass is 32.1. The standard InChI is InChI=1S/C17H24N4OS2/c1-16(2,3)9-7-10(17(4,5)6)12(22)8-11(9)18-13-19-14(23)21-15(24)20-13/h7-8,22H,1-6H3,(H3,18,19,20,21,23,24). The molecule has 0 bridgehead atoms. The van der Waals surface area contributed by atoms with Gasteiger partial charge in [-0.1, -0.05) is 41.5 Å². The first-order chi connectivity index (χ1) is 10.9. The number of nitrogens with zero attached hydrogens (tertiary/aromatic N) is 3. The average Bonchev–Trinajstić information content (AvgIpc) is 2.33. The molecular formula is C17H24N4OS2. The van der Waals surface area contributed by atoms with Crippen molar-refractivity contribution in [2.75, 3.05) is 5.32 Å². The van der Waals surface area contributed by atoms with E-state index in [1.165, 1.54) is 0 Å². The number of anilines is 2. The first-order valence-electron chi connectivity index (χ1n) is 7.67. The van der Waals surface area contributed by atoms with Gasteiger partial charge in [0.05, 0.1) is 0 Å².